The molecule has 0 aliphatic carbocycles. The Kier molecular flexibility index (Phi) is 7.92. The third-order valence-electron chi connectivity index (χ3n) is 2.60. The average molecular weight is 311 g/mol. The van der Waals surface area contributed by atoms with Crippen LogP contribution in [0.2, 0.25) is 5.02 Å². The molecule has 108 valence electrons. The maximum Gasteiger partial charge on any atom is 0.250 e. The predicted molar refractivity (Wildman–Crippen MR) is 88.8 cm³/mol. The van der Waals surface area contributed by atoms with Gasteiger partial charge in [-0.25, -0.2) is 0 Å². The Balaban J connectivity index is 2.32. The zero-order valence-electron chi connectivity index (χ0n) is 11.5. The second-order valence-electron chi connectivity index (χ2n) is 4.34. The molecule has 1 aromatic rings. The molecule has 0 saturated heterocycles. The number of hydrogen-bond donors (Lipinski definition) is 2. The summed E-state index contributed by atoms with van der Waals surface area (Å²) in [6.07, 6.45) is 6.52. The van der Waals surface area contributed by atoms with Gasteiger partial charge in [-0.05, 0) is 42.4 Å². The van der Waals surface area contributed by atoms with E-state index < -0.39 is 0 Å². The molecular formula is C15H19ClN2OS. The quantitative estimate of drug-likeness (QED) is 0.480. The molecule has 1 amide bonds. The molecule has 0 fully saturated rings. The van der Waals surface area contributed by atoms with Crippen LogP contribution in [0.3, 0.4) is 0 Å². The highest BCUT2D eigenvalue weighted by molar-refractivity contribution is 7.80. The maximum atomic E-state index is 11.6. The lowest BCUT2D eigenvalue weighted by Crippen LogP contribution is -2.38. The van der Waals surface area contributed by atoms with E-state index in [1.165, 1.54) is 6.08 Å². The van der Waals surface area contributed by atoms with Gasteiger partial charge in [0, 0.05) is 17.6 Å². The van der Waals surface area contributed by atoms with Crippen LogP contribution in [-0.2, 0) is 4.79 Å². The van der Waals surface area contributed by atoms with Gasteiger partial charge < -0.3 is 5.32 Å². The number of carbonyl (C=O) groups excluding carboxylic acids is 1. The average Bonchev–Trinajstić information content (AvgIpc) is 2.43. The molecule has 0 bridgehead atoms. The minimum absolute atomic E-state index is 0.243. The SMILES string of the molecule is CCCCCNC(=S)NC(=O)/C=C/c1ccc(Cl)cc1. The molecule has 0 heterocycles. The molecule has 0 aromatic heterocycles. The second-order valence-corrected chi connectivity index (χ2v) is 5.18. The molecular weight excluding hydrogens is 292 g/mol. The van der Waals surface area contributed by atoms with E-state index in [1.54, 1.807) is 18.2 Å². The minimum Gasteiger partial charge on any atom is -0.362 e. The highest BCUT2D eigenvalue weighted by Crippen LogP contribution is 2.10. The molecule has 5 heteroatoms. The molecule has 0 atom stereocenters. The standard InChI is InChI=1S/C15H19ClN2OS/c1-2-3-4-11-17-15(20)18-14(19)10-7-12-5-8-13(16)9-6-12/h5-10H,2-4,11H2,1H3,(H2,17,18,19,20)/b10-7+. The molecule has 3 nitrogen and oxygen atoms in total. The number of unbranched alkanes of at least 4 members (excludes halogenated alkanes) is 2. The second kappa shape index (κ2) is 9.50. The van der Waals surface area contributed by atoms with Crippen molar-refractivity contribution in [2.24, 2.45) is 0 Å². The number of carbonyl (C=O) groups is 1. The molecule has 0 spiro atoms. The number of benzene rings is 1. The van der Waals surface area contributed by atoms with Crippen molar-refractivity contribution in [3.8, 4) is 0 Å². The molecule has 1 aromatic carbocycles. The summed E-state index contributed by atoms with van der Waals surface area (Å²) in [4.78, 5) is 11.6. The Hall–Kier alpha value is -1.39. The highest BCUT2D eigenvalue weighted by Gasteiger charge is 1.99. The lowest BCUT2D eigenvalue weighted by Gasteiger charge is -2.07. The Morgan fingerprint density at radius 3 is 2.65 bits per heavy atom. The lowest BCUT2D eigenvalue weighted by atomic mass is 10.2. The van der Waals surface area contributed by atoms with Crippen LogP contribution in [-0.4, -0.2) is 17.6 Å². The van der Waals surface area contributed by atoms with E-state index in [9.17, 15) is 4.79 Å². The van der Waals surface area contributed by atoms with Crippen molar-refractivity contribution in [1.82, 2.24) is 10.6 Å². The fourth-order valence-electron chi connectivity index (χ4n) is 1.52. The first-order valence-corrected chi connectivity index (χ1v) is 7.43. The first-order valence-electron chi connectivity index (χ1n) is 6.64. The summed E-state index contributed by atoms with van der Waals surface area (Å²) in [5, 5.41) is 6.65. The Labute approximate surface area is 130 Å². The summed E-state index contributed by atoms with van der Waals surface area (Å²) >= 11 is 10.8. The number of nitrogens with one attached hydrogen (secondary N) is 2. The molecule has 1 rings (SSSR count). The summed E-state index contributed by atoms with van der Waals surface area (Å²) in [6.45, 7) is 2.93. The fraction of sp³-hybridized carbons (Fsp3) is 0.333. The molecule has 0 radical (unpaired) electrons. The van der Waals surface area contributed by atoms with E-state index in [-0.39, 0.29) is 5.91 Å². The smallest absolute Gasteiger partial charge is 0.250 e. The zero-order chi connectivity index (χ0) is 14.8. The van der Waals surface area contributed by atoms with Crippen molar-refractivity contribution in [3.63, 3.8) is 0 Å². The van der Waals surface area contributed by atoms with Crippen LogP contribution in [0.1, 0.15) is 31.7 Å². The van der Waals surface area contributed by atoms with Crippen LogP contribution in [0.4, 0.5) is 0 Å². The van der Waals surface area contributed by atoms with Gasteiger partial charge in [-0.2, -0.15) is 0 Å². The number of amides is 1. The van der Waals surface area contributed by atoms with Crippen molar-refractivity contribution >= 4 is 40.9 Å². The summed E-state index contributed by atoms with van der Waals surface area (Å²) < 4.78 is 0. The predicted octanol–water partition coefficient (Wildman–Crippen LogP) is 3.53. The van der Waals surface area contributed by atoms with Crippen LogP contribution in [0.25, 0.3) is 6.08 Å². The van der Waals surface area contributed by atoms with E-state index in [0.29, 0.717) is 10.1 Å². The Morgan fingerprint density at radius 1 is 1.30 bits per heavy atom. The van der Waals surface area contributed by atoms with Gasteiger partial charge >= 0.3 is 0 Å². The normalized spacial score (nSPS) is 10.5. The van der Waals surface area contributed by atoms with Gasteiger partial charge in [0.1, 0.15) is 0 Å². The number of thiocarbonyl (C=S) groups is 1. The van der Waals surface area contributed by atoms with Crippen molar-refractivity contribution in [2.45, 2.75) is 26.2 Å². The van der Waals surface area contributed by atoms with Crippen molar-refractivity contribution in [3.05, 3.63) is 40.9 Å². The van der Waals surface area contributed by atoms with Crippen LogP contribution < -0.4 is 10.6 Å². The molecule has 0 aliphatic rings. The summed E-state index contributed by atoms with van der Waals surface area (Å²) in [6, 6.07) is 7.24. The lowest BCUT2D eigenvalue weighted by molar-refractivity contribution is -0.115. The van der Waals surface area contributed by atoms with Gasteiger partial charge in [0.05, 0.1) is 0 Å². The highest BCUT2D eigenvalue weighted by atomic mass is 35.5. The van der Waals surface area contributed by atoms with E-state index in [2.05, 4.69) is 17.6 Å². The fourth-order valence-corrected chi connectivity index (χ4v) is 1.85. The maximum absolute atomic E-state index is 11.6. The minimum atomic E-state index is -0.243. The molecule has 0 unspecified atom stereocenters. The Bertz CT molecular complexity index is 471. The van der Waals surface area contributed by atoms with Gasteiger partial charge in [0.2, 0.25) is 5.91 Å². The van der Waals surface area contributed by atoms with Crippen molar-refractivity contribution < 1.29 is 4.79 Å². The monoisotopic (exact) mass is 310 g/mol. The molecule has 2 N–H and O–H groups in total. The Morgan fingerprint density at radius 2 is 2.00 bits per heavy atom. The van der Waals surface area contributed by atoms with Crippen molar-refractivity contribution in [2.75, 3.05) is 6.54 Å². The van der Waals surface area contributed by atoms with E-state index in [1.807, 2.05) is 12.1 Å². The van der Waals surface area contributed by atoms with E-state index >= 15 is 0 Å². The number of halogens is 1. The van der Waals surface area contributed by atoms with E-state index in [0.717, 1.165) is 31.4 Å². The van der Waals surface area contributed by atoms with Gasteiger partial charge in [0.25, 0.3) is 0 Å². The third kappa shape index (κ3) is 7.26. The molecule has 0 saturated carbocycles. The number of hydrogen-bond acceptors (Lipinski definition) is 2. The van der Waals surface area contributed by atoms with Gasteiger partial charge in [-0.1, -0.05) is 43.5 Å². The van der Waals surface area contributed by atoms with Crippen molar-refractivity contribution in [1.29, 1.82) is 0 Å². The summed E-state index contributed by atoms with van der Waals surface area (Å²) in [7, 11) is 0. The van der Waals surface area contributed by atoms with Gasteiger partial charge in [-0.15, -0.1) is 0 Å². The molecule has 20 heavy (non-hydrogen) atoms. The topological polar surface area (TPSA) is 41.1 Å². The van der Waals surface area contributed by atoms with Crippen LogP contribution in [0.5, 0.6) is 0 Å². The first kappa shape index (κ1) is 16.7. The largest absolute Gasteiger partial charge is 0.362 e. The van der Waals surface area contributed by atoms with Gasteiger partial charge in [0.15, 0.2) is 5.11 Å². The van der Waals surface area contributed by atoms with Crippen LogP contribution in [0.15, 0.2) is 30.3 Å². The summed E-state index contributed by atoms with van der Waals surface area (Å²) in [5.41, 5.74) is 0.909. The molecule has 0 aliphatic heterocycles. The van der Waals surface area contributed by atoms with Crippen LogP contribution in [0, 0.1) is 0 Å². The third-order valence-corrected chi connectivity index (χ3v) is 3.10. The van der Waals surface area contributed by atoms with Crippen LogP contribution >= 0.6 is 23.8 Å². The summed E-state index contributed by atoms with van der Waals surface area (Å²) in [5.74, 6) is -0.243. The first-order chi connectivity index (χ1) is 9.61. The van der Waals surface area contributed by atoms with E-state index in [4.69, 9.17) is 23.8 Å². The van der Waals surface area contributed by atoms with Gasteiger partial charge in [-0.3, -0.25) is 10.1 Å². The number of rotatable bonds is 6. The zero-order valence-corrected chi connectivity index (χ0v) is 13.1.